The molecule has 0 aliphatic carbocycles. The molecule has 0 atom stereocenters. The van der Waals surface area contributed by atoms with E-state index in [-0.39, 0.29) is 0 Å². The van der Waals surface area contributed by atoms with Gasteiger partial charge < -0.3 is 4.74 Å². The quantitative estimate of drug-likeness (QED) is 0.549. The minimum atomic E-state index is 0.883. The molecule has 1 aromatic carbocycles. The van der Waals surface area contributed by atoms with Crippen molar-refractivity contribution in [3.63, 3.8) is 0 Å². The van der Waals surface area contributed by atoms with Gasteiger partial charge in [0.1, 0.15) is 5.75 Å². The summed E-state index contributed by atoms with van der Waals surface area (Å²) in [5.74, 6) is 0.883. The second-order valence-electron chi connectivity index (χ2n) is 2.27. The van der Waals surface area contributed by atoms with Gasteiger partial charge in [-0.05, 0) is 12.1 Å². The molecule has 1 aromatic rings. The Hall–Kier alpha value is -1.57. The van der Waals surface area contributed by atoms with Crippen molar-refractivity contribution in [2.75, 3.05) is 0 Å². The van der Waals surface area contributed by atoms with Gasteiger partial charge in [-0.25, -0.2) is 4.99 Å². The molecule has 11 heavy (non-hydrogen) atoms. The highest BCUT2D eigenvalue weighted by Crippen LogP contribution is 2.15. The van der Waals surface area contributed by atoms with Gasteiger partial charge in [0, 0.05) is 0 Å². The summed E-state index contributed by atoms with van der Waals surface area (Å²) in [5, 5.41) is 0. The predicted molar refractivity (Wildman–Crippen MR) is 42.3 cm³/mol. The normalized spacial score (nSPS) is 13.5. The highest BCUT2D eigenvalue weighted by Gasteiger charge is 2.02. The standard InChI is InChI=1S/C9H7NO/c1-2-4-9-8(3-1)7-10-5-6-11-9/h1-7H/p+1. The van der Waals surface area contributed by atoms with Crippen LogP contribution in [-0.2, 0) is 0 Å². The van der Waals surface area contributed by atoms with Gasteiger partial charge in [0.2, 0.25) is 6.20 Å². The zero-order valence-electron chi connectivity index (χ0n) is 5.95. The number of hydrogen-bond acceptors (Lipinski definition) is 1. The van der Waals surface area contributed by atoms with Crippen LogP contribution in [0.1, 0.15) is 5.56 Å². The molecule has 0 saturated heterocycles. The van der Waals surface area contributed by atoms with E-state index in [4.69, 9.17) is 4.74 Å². The molecule has 1 aliphatic heterocycles. The molecule has 1 aliphatic rings. The number of nitrogens with one attached hydrogen (secondary N) is 1. The van der Waals surface area contributed by atoms with Crippen LogP contribution in [-0.4, -0.2) is 6.21 Å². The van der Waals surface area contributed by atoms with Crippen LogP contribution in [0.4, 0.5) is 0 Å². The van der Waals surface area contributed by atoms with Crippen molar-refractivity contribution in [1.82, 2.24) is 0 Å². The van der Waals surface area contributed by atoms with E-state index in [0.29, 0.717) is 0 Å². The zero-order chi connectivity index (χ0) is 7.52. The van der Waals surface area contributed by atoms with Crippen molar-refractivity contribution in [2.45, 2.75) is 0 Å². The lowest BCUT2D eigenvalue weighted by atomic mass is 10.2. The van der Waals surface area contributed by atoms with Crippen LogP contribution in [0.2, 0.25) is 0 Å². The van der Waals surface area contributed by atoms with E-state index in [9.17, 15) is 0 Å². The number of benzene rings is 1. The second-order valence-corrected chi connectivity index (χ2v) is 2.27. The van der Waals surface area contributed by atoms with Gasteiger partial charge in [-0.3, -0.25) is 0 Å². The smallest absolute Gasteiger partial charge is 0.202 e. The fourth-order valence-electron chi connectivity index (χ4n) is 0.992. The maximum Gasteiger partial charge on any atom is 0.202 e. The van der Waals surface area contributed by atoms with Crippen molar-refractivity contribution >= 4 is 6.21 Å². The van der Waals surface area contributed by atoms with E-state index in [1.54, 1.807) is 12.5 Å². The molecule has 0 spiro atoms. The average molecular weight is 146 g/mol. The van der Waals surface area contributed by atoms with Gasteiger partial charge in [0.05, 0.1) is 5.56 Å². The first kappa shape index (κ1) is 6.16. The third-order valence-corrected chi connectivity index (χ3v) is 1.52. The summed E-state index contributed by atoms with van der Waals surface area (Å²) in [6.07, 6.45) is 5.28. The third kappa shape index (κ3) is 1.15. The molecule has 2 heteroatoms. The van der Waals surface area contributed by atoms with Crippen molar-refractivity contribution in [3.8, 4) is 5.75 Å². The number of para-hydroxylation sites is 1. The maximum atomic E-state index is 5.27. The Balaban J connectivity index is 2.52. The molecular weight excluding hydrogens is 138 g/mol. The Bertz CT molecular complexity index is 315. The van der Waals surface area contributed by atoms with E-state index in [1.165, 1.54) is 0 Å². The number of fused-ring (bicyclic) bond motifs is 1. The lowest BCUT2D eigenvalue weighted by Crippen LogP contribution is -2.60. The summed E-state index contributed by atoms with van der Waals surface area (Å²) < 4.78 is 5.27. The molecule has 0 fully saturated rings. The summed E-state index contributed by atoms with van der Waals surface area (Å²) in [5.41, 5.74) is 1.07. The van der Waals surface area contributed by atoms with Crippen LogP contribution in [0.5, 0.6) is 5.75 Å². The van der Waals surface area contributed by atoms with E-state index < -0.39 is 0 Å². The monoisotopic (exact) mass is 146 g/mol. The summed E-state index contributed by atoms with van der Waals surface area (Å²) in [6, 6.07) is 7.86. The molecule has 0 unspecified atom stereocenters. The summed E-state index contributed by atoms with van der Waals surface area (Å²) in [7, 11) is 0. The van der Waals surface area contributed by atoms with E-state index in [1.807, 2.05) is 30.5 Å². The number of ether oxygens (including phenoxy) is 1. The molecule has 0 bridgehead atoms. The molecule has 1 heterocycles. The van der Waals surface area contributed by atoms with Crippen LogP contribution in [0, 0.1) is 0 Å². The SMILES string of the molecule is C1=COc2ccccc2C=[NH+]1. The van der Waals surface area contributed by atoms with Gasteiger partial charge in [-0.1, -0.05) is 12.1 Å². The summed E-state index contributed by atoms with van der Waals surface area (Å²) in [6.45, 7) is 0. The van der Waals surface area contributed by atoms with E-state index in [2.05, 4.69) is 4.99 Å². The van der Waals surface area contributed by atoms with Crippen molar-refractivity contribution in [2.24, 2.45) is 0 Å². The van der Waals surface area contributed by atoms with Gasteiger partial charge in [0.15, 0.2) is 12.5 Å². The highest BCUT2D eigenvalue weighted by molar-refractivity contribution is 5.79. The molecule has 0 aromatic heterocycles. The Labute approximate surface area is 64.8 Å². The van der Waals surface area contributed by atoms with Gasteiger partial charge in [-0.15, -0.1) is 0 Å². The fourth-order valence-corrected chi connectivity index (χ4v) is 0.992. The Kier molecular flexibility index (Phi) is 1.44. The largest absolute Gasteiger partial charge is 0.458 e. The van der Waals surface area contributed by atoms with E-state index >= 15 is 0 Å². The van der Waals surface area contributed by atoms with Crippen LogP contribution in [0.15, 0.2) is 36.7 Å². The highest BCUT2D eigenvalue weighted by atomic mass is 16.5. The predicted octanol–water partition coefficient (Wildman–Crippen LogP) is 0.0497. The van der Waals surface area contributed by atoms with Crippen molar-refractivity contribution < 1.29 is 9.73 Å². The van der Waals surface area contributed by atoms with Gasteiger partial charge in [0.25, 0.3) is 0 Å². The first-order valence-electron chi connectivity index (χ1n) is 3.47. The molecule has 54 valence electrons. The molecule has 2 nitrogen and oxygen atoms in total. The average Bonchev–Trinajstić information content (AvgIpc) is 2.28. The number of hydrogen-bond donors (Lipinski definition) is 1. The Morgan fingerprint density at radius 3 is 3.09 bits per heavy atom. The first-order chi connectivity index (χ1) is 5.47. The lowest BCUT2D eigenvalue weighted by molar-refractivity contribution is -0.366. The lowest BCUT2D eigenvalue weighted by Gasteiger charge is -1.98. The molecular formula is C9H8NO+. The summed E-state index contributed by atoms with van der Waals surface area (Å²) >= 11 is 0. The van der Waals surface area contributed by atoms with Crippen molar-refractivity contribution in [1.29, 1.82) is 0 Å². The fraction of sp³-hybridized carbons (Fsp3) is 0. The number of rotatable bonds is 0. The third-order valence-electron chi connectivity index (χ3n) is 1.52. The molecule has 2 rings (SSSR count). The first-order valence-corrected chi connectivity index (χ1v) is 3.47. The Morgan fingerprint density at radius 1 is 1.18 bits per heavy atom. The van der Waals surface area contributed by atoms with Gasteiger partial charge >= 0.3 is 0 Å². The zero-order valence-corrected chi connectivity index (χ0v) is 5.95. The van der Waals surface area contributed by atoms with Crippen molar-refractivity contribution in [3.05, 3.63) is 42.3 Å². The second kappa shape index (κ2) is 2.58. The molecule has 1 N–H and O–H groups in total. The summed E-state index contributed by atoms with van der Waals surface area (Å²) in [4.78, 5) is 2.97. The molecule has 0 radical (unpaired) electrons. The Morgan fingerprint density at radius 2 is 2.09 bits per heavy atom. The molecule has 0 amide bonds. The maximum absolute atomic E-state index is 5.27. The van der Waals surface area contributed by atoms with Crippen LogP contribution >= 0.6 is 0 Å². The van der Waals surface area contributed by atoms with Crippen LogP contribution in [0.3, 0.4) is 0 Å². The molecule has 0 saturated carbocycles. The minimum Gasteiger partial charge on any atom is -0.458 e. The topological polar surface area (TPSA) is 23.2 Å². The van der Waals surface area contributed by atoms with Gasteiger partial charge in [-0.2, -0.15) is 0 Å². The van der Waals surface area contributed by atoms with Crippen LogP contribution < -0.4 is 9.73 Å². The van der Waals surface area contributed by atoms with Crippen LogP contribution in [0.25, 0.3) is 0 Å². The van der Waals surface area contributed by atoms with E-state index in [0.717, 1.165) is 11.3 Å². The minimum absolute atomic E-state index is 0.883.